The summed E-state index contributed by atoms with van der Waals surface area (Å²) in [6.07, 6.45) is 1.51. The third kappa shape index (κ3) is 5.70. The smallest absolute Gasteiger partial charge is 0.211 e. The van der Waals surface area contributed by atoms with Crippen molar-refractivity contribution in [3.63, 3.8) is 0 Å². The quantitative estimate of drug-likeness (QED) is 0.219. The zero-order valence-corrected chi connectivity index (χ0v) is 24.0. The maximum Gasteiger partial charge on any atom is 0.211 e. The van der Waals surface area contributed by atoms with Gasteiger partial charge in [-0.1, -0.05) is 26.8 Å². The van der Waals surface area contributed by atoms with Crippen LogP contribution in [0.5, 0.6) is 0 Å². The number of aromatic amines is 1. The number of anilines is 1. The van der Waals surface area contributed by atoms with Gasteiger partial charge in [0.25, 0.3) is 0 Å². The Bertz CT molecular complexity index is 1610. The second-order valence-corrected chi connectivity index (χ2v) is 13.5. The average molecular weight is 572 g/mol. The van der Waals surface area contributed by atoms with Crippen LogP contribution in [0.3, 0.4) is 0 Å². The fourth-order valence-electron chi connectivity index (χ4n) is 5.07. The van der Waals surface area contributed by atoms with Crippen molar-refractivity contribution >= 4 is 37.9 Å². The molecule has 0 saturated carbocycles. The molecule has 3 aromatic heterocycles. The summed E-state index contributed by atoms with van der Waals surface area (Å²) >= 11 is 0. The highest BCUT2D eigenvalue weighted by molar-refractivity contribution is 7.88. The predicted molar refractivity (Wildman–Crippen MR) is 152 cm³/mol. The summed E-state index contributed by atoms with van der Waals surface area (Å²) in [6.45, 7) is 6.64. The van der Waals surface area contributed by atoms with E-state index in [0.717, 1.165) is 23.1 Å². The number of aliphatic hydroxyl groups excluding tert-OH is 2. The van der Waals surface area contributed by atoms with E-state index < -0.39 is 34.6 Å². The van der Waals surface area contributed by atoms with Gasteiger partial charge < -0.3 is 25.7 Å². The minimum atomic E-state index is -3.60. The van der Waals surface area contributed by atoms with E-state index in [4.69, 9.17) is 15.5 Å². The number of unbranched alkanes of at least 4 members (excludes halogenated alkanes) is 1. The van der Waals surface area contributed by atoms with Gasteiger partial charge in [-0.2, -0.15) is 4.31 Å². The van der Waals surface area contributed by atoms with Crippen LogP contribution in [0.4, 0.5) is 5.69 Å². The fourth-order valence-corrected chi connectivity index (χ4v) is 5.95. The van der Waals surface area contributed by atoms with E-state index in [-0.39, 0.29) is 18.5 Å². The van der Waals surface area contributed by atoms with Gasteiger partial charge in [-0.25, -0.2) is 23.4 Å². The number of rotatable bonds is 9. The fraction of sp³-hybridized carbons (Fsp3) is 0.519. The number of aryl methyl sites for hydroxylation is 1. The molecule has 13 heteroatoms. The molecule has 0 bridgehead atoms. The lowest BCUT2D eigenvalue weighted by atomic mass is 9.87. The highest BCUT2D eigenvalue weighted by Crippen LogP contribution is 2.33. The van der Waals surface area contributed by atoms with Crippen LogP contribution >= 0.6 is 0 Å². The third-order valence-corrected chi connectivity index (χ3v) is 8.69. The Morgan fingerprint density at radius 1 is 1.15 bits per heavy atom. The highest BCUT2D eigenvalue weighted by Gasteiger charge is 2.45. The van der Waals surface area contributed by atoms with Gasteiger partial charge in [0.05, 0.1) is 29.3 Å². The van der Waals surface area contributed by atoms with Crippen molar-refractivity contribution in [1.82, 2.24) is 28.8 Å². The van der Waals surface area contributed by atoms with Crippen molar-refractivity contribution in [2.24, 2.45) is 0 Å². The van der Waals surface area contributed by atoms with Crippen LogP contribution in [-0.4, -0.2) is 85.1 Å². The number of aliphatic hydroxyl groups is 2. The van der Waals surface area contributed by atoms with Gasteiger partial charge in [0.2, 0.25) is 10.0 Å². The molecule has 4 heterocycles. The summed E-state index contributed by atoms with van der Waals surface area (Å²) in [5.74, 6) is 0.856. The third-order valence-electron chi connectivity index (χ3n) is 7.43. The van der Waals surface area contributed by atoms with Crippen molar-refractivity contribution in [2.75, 3.05) is 25.1 Å². The lowest BCUT2D eigenvalue weighted by molar-refractivity contribution is -0.0386. The first-order chi connectivity index (χ1) is 18.8. The number of benzene rings is 1. The summed E-state index contributed by atoms with van der Waals surface area (Å²) in [6, 6.07) is 7.87. The molecular formula is C27H37N7O5S. The maximum atomic E-state index is 12.6. The van der Waals surface area contributed by atoms with Gasteiger partial charge >= 0.3 is 0 Å². The molecule has 0 aliphatic carbocycles. The number of nitrogens with two attached hydrogens (primary N) is 1. The Hall–Kier alpha value is -3.10. The monoisotopic (exact) mass is 571 g/mol. The van der Waals surface area contributed by atoms with Crippen LogP contribution < -0.4 is 5.73 Å². The first-order valence-corrected chi connectivity index (χ1v) is 15.2. The lowest BCUT2D eigenvalue weighted by Crippen LogP contribution is -2.42. The van der Waals surface area contributed by atoms with E-state index in [9.17, 15) is 18.6 Å². The molecule has 5 rings (SSSR count). The number of fused-ring (bicyclic) bond motifs is 2. The van der Waals surface area contributed by atoms with E-state index in [2.05, 4.69) is 47.9 Å². The van der Waals surface area contributed by atoms with Crippen molar-refractivity contribution in [2.45, 2.75) is 70.0 Å². The largest absolute Gasteiger partial charge is 0.397 e. The summed E-state index contributed by atoms with van der Waals surface area (Å²) in [4.78, 5) is 16.6. The Morgan fingerprint density at radius 3 is 2.65 bits per heavy atom. The molecule has 12 nitrogen and oxygen atoms in total. The Morgan fingerprint density at radius 2 is 1.93 bits per heavy atom. The SMILES string of the molecule is CC(C)(C)c1ccc2[nH]c(CCCCN(C[C@H]3O[C@@H](n4cnc5c(N)ccnc54)[C@H](O)[C@@H]3O)S(C)(=O)=O)nc2c1. The predicted octanol–water partition coefficient (Wildman–Crippen LogP) is 2.09. The van der Waals surface area contributed by atoms with E-state index in [0.29, 0.717) is 36.1 Å². The molecule has 4 atom stereocenters. The van der Waals surface area contributed by atoms with Crippen LogP contribution in [0, 0.1) is 0 Å². The molecule has 0 spiro atoms. The normalized spacial score (nSPS) is 22.2. The Kier molecular flexibility index (Phi) is 7.61. The second-order valence-electron chi connectivity index (χ2n) is 11.5. The zero-order valence-electron chi connectivity index (χ0n) is 23.1. The Labute approximate surface area is 233 Å². The van der Waals surface area contributed by atoms with E-state index >= 15 is 0 Å². The first kappa shape index (κ1) is 28.4. The van der Waals surface area contributed by atoms with Gasteiger partial charge in [-0.3, -0.25) is 4.57 Å². The molecule has 216 valence electrons. The molecule has 5 N–H and O–H groups in total. The number of nitrogens with one attached hydrogen (secondary N) is 1. The van der Waals surface area contributed by atoms with Crippen molar-refractivity contribution in [3.05, 3.63) is 48.2 Å². The van der Waals surface area contributed by atoms with Gasteiger partial charge in [-0.15, -0.1) is 0 Å². The molecule has 1 aromatic carbocycles. The lowest BCUT2D eigenvalue weighted by Gasteiger charge is -2.24. The number of hydrogen-bond acceptors (Lipinski definition) is 9. The number of nitrogens with zero attached hydrogens (tertiary/aromatic N) is 5. The number of ether oxygens (including phenoxy) is 1. The topological polar surface area (TPSA) is 172 Å². The van der Waals surface area contributed by atoms with Crippen LogP contribution in [-0.2, 0) is 26.6 Å². The molecular weight excluding hydrogens is 534 g/mol. The molecule has 1 saturated heterocycles. The molecule has 40 heavy (non-hydrogen) atoms. The average Bonchev–Trinajstić information content (AvgIpc) is 3.56. The van der Waals surface area contributed by atoms with Crippen LogP contribution in [0.1, 0.15) is 51.2 Å². The minimum Gasteiger partial charge on any atom is -0.397 e. The van der Waals surface area contributed by atoms with E-state index in [1.54, 1.807) is 6.07 Å². The number of pyridine rings is 1. The molecule has 0 amide bonds. The van der Waals surface area contributed by atoms with Crippen LogP contribution in [0.25, 0.3) is 22.2 Å². The number of H-pyrrole nitrogens is 1. The minimum absolute atomic E-state index is 0.0342. The standard InChI is InChI=1S/C27H37N7O5S/c1-27(2,3)16-8-9-18-19(13-16)32-21(31-18)7-5-6-12-33(40(4,37)38)14-20-23(35)24(36)26(39-20)34-15-30-22-17(28)10-11-29-25(22)34/h8-11,13,15,20,23-24,26,35-36H,5-7,12,14H2,1-4H3,(H2,28,29)(H,31,32)/t20-,23-,24-,26-/m1/s1. The molecule has 1 aliphatic heterocycles. The van der Waals surface area contributed by atoms with Crippen molar-refractivity contribution in [3.8, 4) is 0 Å². The molecule has 1 aliphatic rings. The van der Waals surface area contributed by atoms with Crippen molar-refractivity contribution < 1.29 is 23.4 Å². The number of sulfonamides is 1. The number of nitrogen functional groups attached to an aromatic ring is 1. The van der Waals surface area contributed by atoms with Crippen LogP contribution in [0.2, 0.25) is 0 Å². The van der Waals surface area contributed by atoms with Crippen molar-refractivity contribution in [1.29, 1.82) is 0 Å². The zero-order chi connectivity index (χ0) is 28.8. The van der Waals surface area contributed by atoms with Gasteiger partial charge in [0.15, 0.2) is 11.9 Å². The first-order valence-electron chi connectivity index (χ1n) is 13.4. The summed E-state index contributed by atoms with van der Waals surface area (Å²) in [5, 5.41) is 21.5. The number of imidazole rings is 2. The van der Waals surface area contributed by atoms with E-state index in [1.807, 2.05) is 6.07 Å². The Balaban J connectivity index is 1.21. The van der Waals surface area contributed by atoms with Gasteiger partial charge in [0.1, 0.15) is 29.7 Å². The number of hydrogen-bond donors (Lipinski definition) is 4. The second kappa shape index (κ2) is 10.7. The highest BCUT2D eigenvalue weighted by atomic mass is 32.2. The van der Waals surface area contributed by atoms with Gasteiger partial charge in [0, 0.05) is 25.7 Å². The summed E-state index contributed by atoms with van der Waals surface area (Å²) < 4.78 is 33.9. The molecule has 0 unspecified atom stereocenters. The molecule has 1 fully saturated rings. The van der Waals surface area contributed by atoms with Gasteiger partial charge in [-0.05, 0) is 42.0 Å². The molecule has 0 radical (unpaired) electrons. The van der Waals surface area contributed by atoms with E-state index in [1.165, 1.54) is 27.0 Å². The summed E-state index contributed by atoms with van der Waals surface area (Å²) in [7, 11) is -3.60. The summed E-state index contributed by atoms with van der Waals surface area (Å²) in [5.41, 5.74) is 10.4. The maximum absolute atomic E-state index is 12.6. The number of aromatic nitrogens is 5. The molecule has 4 aromatic rings. The van der Waals surface area contributed by atoms with Crippen LogP contribution in [0.15, 0.2) is 36.8 Å².